The van der Waals surface area contributed by atoms with Crippen molar-refractivity contribution in [1.82, 2.24) is 0 Å². The van der Waals surface area contributed by atoms with E-state index in [1.54, 1.807) is 0 Å². The molecule has 0 saturated carbocycles. The van der Waals surface area contributed by atoms with Gasteiger partial charge in [0, 0.05) is 0 Å². The van der Waals surface area contributed by atoms with Crippen LogP contribution in [0.1, 0.15) is 13.3 Å². The van der Waals surface area contributed by atoms with Gasteiger partial charge in [0.05, 0.1) is 12.3 Å². The minimum atomic E-state index is -0.254. The fourth-order valence-corrected chi connectivity index (χ4v) is 0.774. The van der Waals surface area contributed by atoms with Crippen molar-refractivity contribution >= 4 is 11.8 Å². The van der Waals surface area contributed by atoms with Gasteiger partial charge in [-0.1, -0.05) is 0 Å². The number of ether oxygens (including phenoxy) is 1. The summed E-state index contributed by atoms with van der Waals surface area (Å²) >= 11 is 0. The van der Waals surface area contributed by atoms with Gasteiger partial charge in [0.15, 0.2) is 0 Å². The first-order valence-electron chi connectivity index (χ1n) is 2.86. The normalized spacial score (nSPS) is 25.9. The van der Waals surface area contributed by atoms with E-state index in [1.165, 1.54) is 6.92 Å². The first-order chi connectivity index (χ1) is 4.20. The van der Waals surface area contributed by atoms with Crippen LogP contribution in [0.25, 0.3) is 0 Å². The van der Waals surface area contributed by atoms with Crippen LogP contribution in [-0.4, -0.2) is 18.4 Å². The maximum absolute atomic E-state index is 10.6. The molecule has 1 aliphatic rings. The SMILES string of the molecule is CC(=O)[C@@H]1COC(=O)C1. The molecule has 1 fully saturated rings. The van der Waals surface area contributed by atoms with Crippen molar-refractivity contribution < 1.29 is 14.3 Å². The lowest BCUT2D eigenvalue weighted by Gasteiger charge is -1.95. The van der Waals surface area contributed by atoms with E-state index in [1.807, 2.05) is 0 Å². The molecule has 3 nitrogen and oxygen atoms in total. The van der Waals surface area contributed by atoms with Crippen LogP contribution in [0.2, 0.25) is 0 Å². The molecule has 0 aromatic heterocycles. The first-order valence-corrected chi connectivity index (χ1v) is 2.86. The molecule has 0 aromatic carbocycles. The molecule has 0 bridgehead atoms. The second-order valence-corrected chi connectivity index (χ2v) is 2.19. The summed E-state index contributed by atoms with van der Waals surface area (Å²) in [6.07, 6.45) is 0.273. The number of rotatable bonds is 1. The molecule has 0 spiro atoms. The molecular formula is C6H8O3. The van der Waals surface area contributed by atoms with Crippen molar-refractivity contribution in [2.24, 2.45) is 5.92 Å². The molecule has 0 amide bonds. The predicted octanol–water partition coefficient (Wildman–Crippen LogP) is 0.138. The maximum atomic E-state index is 10.6. The van der Waals surface area contributed by atoms with Gasteiger partial charge in [0.2, 0.25) is 0 Å². The zero-order chi connectivity index (χ0) is 6.85. The third kappa shape index (κ3) is 1.28. The van der Waals surface area contributed by atoms with Gasteiger partial charge < -0.3 is 4.74 Å². The van der Waals surface area contributed by atoms with Crippen molar-refractivity contribution in [3.63, 3.8) is 0 Å². The van der Waals surface area contributed by atoms with Crippen LogP contribution in [0.3, 0.4) is 0 Å². The number of carbonyl (C=O) groups excluding carboxylic acids is 2. The van der Waals surface area contributed by atoms with Gasteiger partial charge in [-0.15, -0.1) is 0 Å². The van der Waals surface area contributed by atoms with E-state index < -0.39 is 0 Å². The van der Waals surface area contributed by atoms with Crippen LogP contribution >= 0.6 is 0 Å². The Morgan fingerprint density at radius 3 is 2.67 bits per heavy atom. The van der Waals surface area contributed by atoms with Crippen LogP contribution in [-0.2, 0) is 14.3 Å². The lowest BCUT2D eigenvalue weighted by atomic mass is 10.1. The molecule has 1 aliphatic heterocycles. The quantitative estimate of drug-likeness (QED) is 0.472. The fraction of sp³-hybridized carbons (Fsp3) is 0.667. The van der Waals surface area contributed by atoms with E-state index >= 15 is 0 Å². The monoisotopic (exact) mass is 128 g/mol. The number of carbonyl (C=O) groups is 2. The highest BCUT2D eigenvalue weighted by molar-refractivity contribution is 5.85. The summed E-state index contributed by atoms with van der Waals surface area (Å²) in [5.74, 6) is -0.381. The Morgan fingerprint density at radius 2 is 2.44 bits per heavy atom. The summed E-state index contributed by atoms with van der Waals surface area (Å²) < 4.78 is 4.57. The van der Waals surface area contributed by atoms with Gasteiger partial charge in [0.25, 0.3) is 0 Å². The van der Waals surface area contributed by atoms with Crippen LogP contribution in [0.4, 0.5) is 0 Å². The molecular weight excluding hydrogens is 120 g/mol. The summed E-state index contributed by atoms with van der Waals surface area (Å²) in [5.41, 5.74) is 0. The molecule has 9 heavy (non-hydrogen) atoms. The van der Waals surface area contributed by atoms with E-state index in [4.69, 9.17) is 0 Å². The van der Waals surface area contributed by atoms with Gasteiger partial charge in [-0.05, 0) is 6.92 Å². The number of hydrogen-bond acceptors (Lipinski definition) is 3. The van der Waals surface area contributed by atoms with Crippen LogP contribution < -0.4 is 0 Å². The topological polar surface area (TPSA) is 43.4 Å². The first kappa shape index (κ1) is 6.26. The molecule has 3 heteroatoms. The number of cyclic esters (lactones) is 1. The molecule has 1 atom stereocenters. The highest BCUT2D eigenvalue weighted by Gasteiger charge is 2.26. The van der Waals surface area contributed by atoms with Gasteiger partial charge in [-0.25, -0.2) is 0 Å². The molecule has 0 N–H and O–H groups in total. The summed E-state index contributed by atoms with van der Waals surface area (Å²) in [7, 11) is 0. The van der Waals surface area contributed by atoms with Gasteiger partial charge in [0.1, 0.15) is 12.4 Å². The molecule has 1 saturated heterocycles. The Kier molecular flexibility index (Phi) is 1.51. The number of hydrogen-bond donors (Lipinski definition) is 0. The Bertz CT molecular complexity index is 150. The van der Waals surface area contributed by atoms with Crippen LogP contribution in [0.15, 0.2) is 0 Å². The molecule has 0 radical (unpaired) electrons. The van der Waals surface area contributed by atoms with Crippen molar-refractivity contribution in [3.05, 3.63) is 0 Å². The molecule has 1 rings (SSSR count). The molecule has 0 aliphatic carbocycles. The zero-order valence-electron chi connectivity index (χ0n) is 5.22. The second-order valence-electron chi connectivity index (χ2n) is 2.19. The Balaban J connectivity index is 2.48. The summed E-state index contributed by atoms with van der Waals surface area (Å²) in [5, 5.41) is 0. The standard InChI is InChI=1S/C6H8O3/c1-4(7)5-2-6(8)9-3-5/h5H,2-3H2,1H3/t5-/m0/s1. The lowest BCUT2D eigenvalue weighted by Crippen LogP contribution is -2.09. The van der Waals surface area contributed by atoms with Crippen molar-refractivity contribution in [1.29, 1.82) is 0 Å². The Labute approximate surface area is 53.0 Å². The predicted molar refractivity (Wildman–Crippen MR) is 29.7 cm³/mol. The van der Waals surface area contributed by atoms with E-state index in [9.17, 15) is 9.59 Å². The minimum Gasteiger partial charge on any atom is -0.465 e. The van der Waals surface area contributed by atoms with Crippen molar-refractivity contribution in [2.45, 2.75) is 13.3 Å². The highest BCUT2D eigenvalue weighted by atomic mass is 16.5. The van der Waals surface area contributed by atoms with E-state index in [0.717, 1.165) is 0 Å². The van der Waals surface area contributed by atoms with Crippen molar-refractivity contribution in [2.75, 3.05) is 6.61 Å². The molecule has 50 valence electrons. The summed E-state index contributed by atoms with van der Waals surface area (Å²) in [6, 6.07) is 0. The summed E-state index contributed by atoms with van der Waals surface area (Å²) in [6.45, 7) is 1.76. The number of esters is 1. The van der Waals surface area contributed by atoms with Gasteiger partial charge >= 0.3 is 5.97 Å². The number of ketones is 1. The van der Waals surface area contributed by atoms with Crippen LogP contribution in [0.5, 0.6) is 0 Å². The third-order valence-corrected chi connectivity index (χ3v) is 1.43. The average molecular weight is 128 g/mol. The van der Waals surface area contributed by atoms with Crippen molar-refractivity contribution in [3.8, 4) is 0 Å². The van der Waals surface area contributed by atoms with Crippen LogP contribution in [0, 0.1) is 5.92 Å². The molecule has 0 aromatic rings. The van der Waals surface area contributed by atoms with E-state index in [2.05, 4.69) is 4.74 Å². The molecule has 1 heterocycles. The Morgan fingerprint density at radius 1 is 1.78 bits per heavy atom. The van der Waals surface area contributed by atoms with Gasteiger partial charge in [-0.3, -0.25) is 9.59 Å². The van der Waals surface area contributed by atoms with Gasteiger partial charge in [-0.2, -0.15) is 0 Å². The average Bonchev–Trinajstić information content (AvgIpc) is 2.14. The zero-order valence-corrected chi connectivity index (χ0v) is 5.22. The molecule has 0 unspecified atom stereocenters. The Hall–Kier alpha value is -0.860. The van der Waals surface area contributed by atoms with E-state index in [0.29, 0.717) is 0 Å². The second kappa shape index (κ2) is 2.17. The minimum absolute atomic E-state index is 0.0425. The lowest BCUT2D eigenvalue weighted by molar-refractivity contribution is -0.137. The van der Waals surface area contributed by atoms with E-state index in [-0.39, 0.29) is 30.7 Å². The highest BCUT2D eigenvalue weighted by Crippen LogP contribution is 2.13. The smallest absolute Gasteiger partial charge is 0.306 e. The third-order valence-electron chi connectivity index (χ3n) is 1.43. The fourth-order valence-electron chi connectivity index (χ4n) is 0.774. The maximum Gasteiger partial charge on any atom is 0.306 e. The number of Topliss-reactive ketones (excluding diaryl/α,β-unsaturated/α-hetero) is 1. The largest absolute Gasteiger partial charge is 0.465 e. The summed E-state index contributed by atoms with van der Waals surface area (Å²) in [4.78, 5) is 20.9.